The van der Waals surface area contributed by atoms with Crippen LogP contribution in [0.2, 0.25) is 0 Å². The number of para-hydroxylation sites is 1. The second-order valence-corrected chi connectivity index (χ2v) is 5.79. The minimum atomic E-state index is 0.397. The molecule has 0 aliphatic rings. The molecule has 0 aliphatic heterocycles. The molecule has 4 rings (SSSR count). The SMILES string of the molecule is Cc1cc(NCCNc2cc(C#N)nc3ccccc23)n2ncnc2n1. The molecule has 0 saturated carbocycles. The van der Waals surface area contributed by atoms with Crippen LogP contribution in [-0.4, -0.2) is 37.7 Å². The molecule has 0 aliphatic carbocycles. The average Bonchev–Trinajstić information content (AvgIpc) is 3.13. The molecule has 2 N–H and O–H groups in total. The Kier molecular flexibility index (Phi) is 4.03. The summed E-state index contributed by atoms with van der Waals surface area (Å²) in [6.45, 7) is 3.25. The van der Waals surface area contributed by atoms with E-state index in [1.165, 1.54) is 6.33 Å². The number of hydrogen-bond acceptors (Lipinski definition) is 7. The van der Waals surface area contributed by atoms with Crippen LogP contribution in [0.1, 0.15) is 11.4 Å². The first-order chi connectivity index (χ1) is 12.7. The molecule has 3 aromatic heterocycles. The van der Waals surface area contributed by atoms with Gasteiger partial charge in [-0.1, -0.05) is 18.2 Å². The third kappa shape index (κ3) is 2.98. The third-order valence-corrected chi connectivity index (χ3v) is 3.96. The molecule has 0 atom stereocenters. The number of nitrogens with zero attached hydrogens (tertiary/aromatic N) is 6. The Labute approximate surface area is 149 Å². The molecule has 0 fully saturated rings. The second kappa shape index (κ2) is 6.64. The van der Waals surface area contributed by atoms with E-state index in [2.05, 4.69) is 36.8 Å². The van der Waals surface area contributed by atoms with E-state index in [0.29, 0.717) is 24.6 Å². The number of pyridine rings is 1. The van der Waals surface area contributed by atoms with E-state index >= 15 is 0 Å². The van der Waals surface area contributed by atoms with Gasteiger partial charge in [-0.05, 0) is 19.1 Å². The summed E-state index contributed by atoms with van der Waals surface area (Å²) in [6.07, 6.45) is 1.48. The van der Waals surface area contributed by atoms with Crippen LogP contribution in [-0.2, 0) is 0 Å². The topological polar surface area (TPSA) is 104 Å². The lowest BCUT2D eigenvalue weighted by atomic mass is 10.1. The van der Waals surface area contributed by atoms with Gasteiger partial charge in [0, 0.05) is 35.9 Å². The quantitative estimate of drug-likeness (QED) is 0.536. The maximum Gasteiger partial charge on any atom is 0.254 e. The molecule has 128 valence electrons. The van der Waals surface area contributed by atoms with E-state index in [-0.39, 0.29) is 0 Å². The number of rotatable bonds is 5. The predicted molar refractivity (Wildman–Crippen MR) is 99.0 cm³/mol. The van der Waals surface area contributed by atoms with Gasteiger partial charge in [0.2, 0.25) is 0 Å². The Balaban J connectivity index is 1.49. The summed E-state index contributed by atoms with van der Waals surface area (Å²) in [7, 11) is 0. The summed E-state index contributed by atoms with van der Waals surface area (Å²) in [5.41, 5.74) is 2.97. The number of nitrogens with one attached hydrogen (secondary N) is 2. The standard InChI is InChI=1S/C18H16N8/c1-12-8-17(26-18(24-12)22-11-23-26)21-7-6-20-16-9-13(10-19)25-15-5-3-2-4-14(15)16/h2-5,8-9,11,21H,6-7H2,1H3,(H,20,25). The van der Waals surface area contributed by atoms with Crippen LogP contribution in [0.5, 0.6) is 0 Å². The lowest BCUT2D eigenvalue weighted by molar-refractivity contribution is 0.915. The van der Waals surface area contributed by atoms with Gasteiger partial charge in [0.1, 0.15) is 23.9 Å². The molecule has 1 aromatic carbocycles. The molecule has 0 saturated heterocycles. The van der Waals surface area contributed by atoms with Crippen molar-refractivity contribution in [2.75, 3.05) is 23.7 Å². The molecule has 0 unspecified atom stereocenters. The third-order valence-electron chi connectivity index (χ3n) is 3.96. The van der Waals surface area contributed by atoms with Crippen molar-refractivity contribution in [2.45, 2.75) is 6.92 Å². The van der Waals surface area contributed by atoms with Crippen LogP contribution in [0.15, 0.2) is 42.7 Å². The van der Waals surface area contributed by atoms with Crippen molar-refractivity contribution >= 4 is 28.2 Å². The summed E-state index contributed by atoms with van der Waals surface area (Å²) in [5.74, 6) is 1.41. The highest BCUT2D eigenvalue weighted by molar-refractivity contribution is 5.91. The van der Waals surface area contributed by atoms with Gasteiger partial charge < -0.3 is 10.6 Å². The highest BCUT2D eigenvalue weighted by Gasteiger charge is 2.06. The highest BCUT2D eigenvalue weighted by Crippen LogP contribution is 2.22. The number of nitriles is 1. The Morgan fingerprint density at radius 1 is 1.12 bits per heavy atom. The molecule has 8 nitrogen and oxygen atoms in total. The van der Waals surface area contributed by atoms with Crippen LogP contribution < -0.4 is 10.6 Å². The van der Waals surface area contributed by atoms with Gasteiger partial charge >= 0.3 is 0 Å². The Hall–Kier alpha value is -3.73. The van der Waals surface area contributed by atoms with Crippen LogP contribution in [0.4, 0.5) is 11.5 Å². The summed E-state index contributed by atoms with van der Waals surface area (Å²) in [6, 6.07) is 13.6. The summed E-state index contributed by atoms with van der Waals surface area (Å²) >= 11 is 0. The number of benzene rings is 1. The van der Waals surface area contributed by atoms with Crippen LogP contribution in [0, 0.1) is 18.3 Å². The predicted octanol–water partition coefficient (Wildman–Crippen LogP) is 2.38. The Morgan fingerprint density at radius 2 is 1.96 bits per heavy atom. The van der Waals surface area contributed by atoms with Crippen molar-refractivity contribution in [1.29, 1.82) is 5.26 Å². The van der Waals surface area contributed by atoms with Crippen LogP contribution in [0.25, 0.3) is 16.7 Å². The van der Waals surface area contributed by atoms with E-state index in [9.17, 15) is 5.26 Å². The maximum atomic E-state index is 9.17. The number of fused-ring (bicyclic) bond motifs is 2. The van der Waals surface area contributed by atoms with E-state index in [0.717, 1.165) is 28.1 Å². The first-order valence-electron chi connectivity index (χ1n) is 8.19. The monoisotopic (exact) mass is 344 g/mol. The molecule has 0 radical (unpaired) electrons. The smallest absolute Gasteiger partial charge is 0.254 e. The molecule has 26 heavy (non-hydrogen) atoms. The lowest BCUT2D eigenvalue weighted by Crippen LogP contribution is -2.16. The highest BCUT2D eigenvalue weighted by atomic mass is 15.3. The van der Waals surface area contributed by atoms with Crippen molar-refractivity contribution in [2.24, 2.45) is 0 Å². The van der Waals surface area contributed by atoms with Crippen LogP contribution in [0.3, 0.4) is 0 Å². The normalized spacial score (nSPS) is 10.8. The fraction of sp³-hybridized carbons (Fsp3) is 0.167. The van der Waals surface area contributed by atoms with E-state index in [4.69, 9.17) is 0 Å². The van der Waals surface area contributed by atoms with Gasteiger partial charge in [0.25, 0.3) is 5.78 Å². The fourth-order valence-electron chi connectivity index (χ4n) is 2.82. The van der Waals surface area contributed by atoms with Crippen molar-refractivity contribution in [3.05, 3.63) is 54.1 Å². The van der Waals surface area contributed by atoms with Crippen molar-refractivity contribution in [3.8, 4) is 6.07 Å². The van der Waals surface area contributed by atoms with E-state index < -0.39 is 0 Å². The molecule has 3 heterocycles. The first-order valence-corrected chi connectivity index (χ1v) is 8.19. The summed E-state index contributed by atoms with van der Waals surface area (Å²) in [5, 5.41) is 21.1. The van der Waals surface area contributed by atoms with Crippen molar-refractivity contribution in [3.63, 3.8) is 0 Å². The van der Waals surface area contributed by atoms with E-state index in [1.807, 2.05) is 37.3 Å². The lowest BCUT2D eigenvalue weighted by Gasteiger charge is -2.12. The van der Waals surface area contributed by atoms with Gasteiger partial charge in [-0.3, -0.25) is 0 Å². The molecule has 0 spiro atoms. The number of aromatic nitrogens is 5. The molecule has 8 heteroatoms. The largest absolute Gasteiger partial charge is 0.383 e. The molecular weight excluding hydrogens is 328 g/mol. The number of hydrogen-bond donors (Lipinski definition) is 2. The zero-order valence-corrected chi connectivity index (χ0v) is 14.1. The molecule has 0 bridgehead atoms. The summed E-state index contributed by atoms with van der Waals surface area (Å²) in [4.78, 5) is 12.8. The van der Waals surface area contributed by atoms with Gasteiger partial charge in [0.15, 0.2) is 0 Å². The fourth-order valence-corrected chi connectivity index (χ4v) is 2.82. The Bertz CT molecular complexity index is 1130. The maximum absolute atomic E-state index is 9.17. The zero-order chi connectivity index (χ0) is 17.9. The minimum Gasteiger partial charge on any atom is -0.383 e. The van der Waals surface area contributed by atoms with Gasteiger partial charge in [0.05, 0.1) is 5.52 Å². The van der Waals surface area contributed by atoms with Gasteiger partial charge in [-0.25, -0.2) is 9.97 Å². The van der Waals surface area contributed by atoms with Gasteiger partial charge in [-0.2, -0.15) is 19.9 Å². The Morgan fingerprint density at radius 3 is 2.85 bits per heavy atom. The summed E-state index contributed by atoms with van der Waals surface area (Å²) < 4.78 is 1.67. The van der Waals surface area contributed by atoms with E-state index in [1.54, 1.807) is 10.6 Å². The average molecular weight is 344 g/mol. The zero-order valence-electron chi connectivity index (χ0n) is 14.1. The van der Waals surface area contributed by atoms with Crippen molar-refractivity contribution in [1.82, 2.24) is 24.6 Å². The first kappa shape index (κ1) is 15.8. The number of aryl methyl sites for hydroxylation is 1. The minimum absolute atomic E-state index is 0.397. The molecule has 4 aromatic rings. The van der Waals surface area contributed by atoms with Crippen LogP contribution >= 0.6 is 0 Å². The van der Waals surface area contributed by atoms with Crippen molar-refractivity contribution < 1.29 is 0 Å². The molecular formula is C18H16N8. The second-order valence-electron chi connectivity index (χ2n) is 5.79. The van der Waals surface area contributed by atoms with Gasteiger partial charge in [-0.15, -0.1) is 0 Å². The molecule has 0 amide bonds. The number of anilines is 2.